The van der Waals surface area contributed by atoms with Crippen molar-refractivity contribution in [2.45, 2.75) is 25.8 Å². The van der Waals surface area contributed by atoms with Crippen LogP contribution in [0.5, 0.6) is 0 Å². The summed E-state index contributed by atoms with van der Waals surface area (Å²) >= 11 is 5.82. The third-order valence-electron chi connectivity index (χ3n) is 2.51. The van der Waals surface area contributed by atoms with E-state index in [-0.39, 0.29) is 10.6 Å². The van der Waals surface area contributed by atoms with Gasteiger partial charge >= 0.3 is 0 Å². The van der Waals surface area contributed by atoms with Crippen molar-refractivity contribution in [3.05, 3.63) is 21.6 Å². The van der Waals surface area contributed by atoms with Crippen LogP contribution in [0, 0.1) is 5.92 Å². The molecule has 1 aliphatic carbocycles. The summed E-state index contributed by atoms with van der Waals surface area (Å²) in [5, 5.41) is 9.36. The number of hydrogen-bond acceptors (Lipinski definition) is 3. The minimum Gasteiger partial charge on any atom is -0.380 e. The maximum Gasteiger partial charge on any atom is 0.285 e. The third-order valence-corrected chi connectivity index (χ3v) is 2.88. The van der Waals surface area contributed by atoms with Crippen LogP contribution < -0.4 is 10.9 Å². The van der Waals surface area contributed by atoms with E-state index >= 15 is 0 Å². The zero-order valence-corrected chi connectivity index (χ0v) is 8.64. The van der Waals surface area contributed by atoms with Gasteiger partial charge in [0.05, 0.1) is 11.9 Å². The monoisotopic (exact) mass is 213 g/mol. The molecule has 2 N–H and O–H groups in total. The number of aromatic nitrogens is 2. The Morgan fingerprint density at radius 1 is 1.71 bits per heavy atom. The van der Waals surface area contributed by atoms with Crippen molar-refractivity contribution in [1.82, 2.24) is 10.2 Å². The van der Waals surface area contributed by atoms with Crippen molar-refractivity contribution < 1.29 is 0 Å². The van der Waals surface area contributed by atoms with Crippen molar-refractivity contribution in [2.75, 3.05) is 5.32 Å². The largest absolute Gasteiger partial charge is 0.380 e. The third kappa shape index (κ3) is 1.90. The van der Waals surface area contributed by atoms with Crippen LogP contribution in [0.3, 0.4) is 0 Å². The molecule has 1 fully saturated rings. The van der Waals surface area contributed by atoms with Crippen molar-refractivity contribution in [3.8, 4) is 0 Å². The zero-order chi connectivity index (χ0) is 10.1. The Morgan fingerprint density at radius 3 is 3.07 bits per heavy atom. The molecular formula is C9H12ClN3O. The average molecular weight is 214 g/mol. The Morgan fingerprint density at radius 2 is 2.43 bits per heavy atom. The summed E-state index contributed by atoms with van der Waals surface area (Å²) in [6.45, 7) is 2.09. The Balaban J connectivity index is 2.15. The Labute approximate surface area is 86.7 Å². The van der Waals surface area contributed by atoms with Gasteiger partial charge in [-0.15, -0.1) is 0 Å². The molecule has 0 aliphatic heterocycles. The van der Waals surface area contributed by atoms with E-state index in [4.69, 9.17) is 11.6 Å². The first-order valence-electron chi connectivity index (χ1n) is 4.68. The molecule has 0 aromatic carbocycles. The van der Waals surface area contributed by atoms with Gasteiger partial charge in [0, 0.05) is 6.04 Å². The predicted molar refractivity (Wildman–Crippen MR) is 55.7 cm³/mol. The summed E-state index contributed by atoms with van der Waals surface area (Å²) in [4.78, 5) is 11.1. The lowest BCUT2D eigenvalue weighted by Crippen LogP contribution is -2.20. The molecule has 1 atom stereocenters. The second-order valence-electron chi connectivity index (χ2n) is 3.70. The van der Waals surface area contributed by atoms with Gasteiger partial charge in [0.1, 0.15) is 5.02 Å². The maximum absolute atomic E-state index is 11.1. The lowest BCUT2D eigenvalue weighted by Gasteiger charge is -2.14. The van der Waals surface area contributed by atoms with Crippen LogP contribution in [0.15, 0.2) is 11.0 Å². The lowest BCUT2D eigenvalue weighted by atomic mass is 10.2. The molecular weight excluding hydrogens is 202 g/mol. The molecule has 5 heteroatoms. The van der Waals surface area contributed by atoms with Gasteiger partial charge < -0.3 is 5.32 Å². The summed E-state index contributed by atoms with van der Waals surface area (Å²) in [6, 6.07) is 0.357. The minimum atomic E-state index is -0.348. The molecule has 4 nitrogen and oxygen atoms in total. The highest BCUT2D eigenvalue weighted by atomic mass is 35.5. The molecule has 14 heavy (non-hydrogen) atoms. The summed E-state index contributed by atoms with van der Waals surface area (Å²) in [5.41, 5.74) is 0.273. The molecule has 1 aromatic heterocycles. The summed E-state index contributed by atoms with van der Waals surface area (Å²) in [6.07, 6.45) is 4.05. The number of anilines is 1. The lowest BCUT2D eigenvalue weighted by molar-refractivity contribution is 0.693. The van der Waals surface area contributed by atoms with Crippen LogP contribution in [0.1, 0.15) is 19.8 Å². The number of halogens is 1. The highest BCUT2D eigenvalue weighted by Crippen LogP contribution is 2.34. The van der Waals surface area contributed by atoms with Gasteiger partial charge in [0.2, 0.25) is 0 Å². The van der Waals surface area contributed by atoms with Gasteiger partial charge in [-0.3, -0.25) is 4.79 Å². The number of rotatable bonds is 3. The molecule has 1 aliphatic rings. The molecule has 1 unspecified atom stereocenters. The summed E-state index contributed by atoms with van der Waals surface area (Å²) < 4.78 is 0. The Hall–Kier alpha value is -1.03. The number of hydrogen-bond donors (Lipinski definition) is 2. The average Bonchev–Trinajstić information content (AvgIpc) is 2.95. The minimum absolute atomic E-state index is 0.188. The van der Waals surface area contributed by atoms with Gasteiger partial charge in [0.25, 0.3) is 5.56 Å². The number of H-pyrrole nitrogens is 1. The number of aromatic amines is 1. The quantitative estimate of drug-likeness (QED) is 0.803. The topological polar surface area (TPSA) is 57.8 Å². The van der Waals surface area contributed by atoms with E-state index in [9.17, 15) is 4.79 Å². The molecule has 2 rings (SSSR count). The molecule has 1 heterocycles. The maximum atomic E-state index is 11.1. The van der Waals surface area contributed by atoms with E-state index in [1.165, 1.54) is 12.8 Å². The van der Waals surface area contributed by atoms with Crippen molar-refractivity contribution >= 4 is 17.3 Å². The van der Waals surface area contributed by atoms with E-state index in [2.05, 4.69) is 22.4 Å². The van der Waals surface area contributed by atoms with Crippen molar-refractivity contribution in [3.63, 3.8) is 0 Å². The van der Waals surface area contributed by atoms with E-state index < -0.39 is 0 Å². The standard InChI is InChI=1S/C9H12ClN3O/c1-5(6-2-3-6)12-7-4-11-13-9(14)8(7)10/h4-6H,2-3H2,1H3,(H2,12,13,14). The fourth-order valence-electron chi connectivity index (χ4n) is 1.44. The van der Waals surface area contributed by atoms with E-state index in [1.807, 2.05) is 0 Å². The van der Waals surface area contributed by atoms with Gasteiger partial charge in [-0.1, -0.05) is 11.6 Å². The van der Waals surface area contributed by atoms with Gasteiger partial charge in [-0.05, 0) is 25.7 Å². The highest BCUT2D eigenvalue weighted by Gasteiger charge is 2.28. The molecule has 0 radical (unpaired) electrons. The van der Waals surface area contributed by atoms with Crippen LogP contribution in [0.2, 0.25) is 5.02 Å². The fourth-order valence-corrected chi connectivity index (χ4v) is 1.59. The first kappa shape index (κ1) is 9.52. The van der Waals surface area contributed by atoms with Crippen LogP contribution >= 0.6 is 11.6 Å². The SMILES string of the molecule is CC(Nc1cn[nH]c(=O)c1Cl)C1CC1. The van der Waals surface area contributed by atoms with Gasteiger partial charge in [0.15, 0.2) is 0 Å². The van der Waals surface area contributed by atoms with E-state index in [0.717, 1.165) is 0 Å². The Bertz CT molecular complexity index is 386. The molecule has 76 valence electrons. The van der Waals surface area contributed by atoms with Crippen LogP contribution in [-0.4, -0.2) is 16.2 Å². The first-order chi connectivity index (χ1) is 6.68. The van der Waals surface area contributed by atoms with Crippen molar-refractivity contribution in [2.24, 2.45) is 5.92 Å². The summed E-state index contributed by atoms with van der Waals surface area (Å²) in [7, 11) is 0. The van der Waals surface area contributed by atoms with Crippen molar-refractivity contribution in [1.29, 1.82) is 0 Å². The molecule has 0 bridgehead atoms. The Kier molecular flexibility index (Phi) is 2.46. The molecule has 0 spiro atoms. The van der Waals surface area contributed by atoms with E-state index in [0.29, 0.717) is 17.6 Å². The normalized spacial score (nSPS) is 17.9. The number of nitrogens with one attached hydrogen (secondary N) is 2. The van der Waals surface area contributed by atoms with Crippen LogP contribution in [0.4, 0.5) is 5.69 Å². The van der Waals surface area contributed by atoms with Gasteiger partial charge in [-0.25, -0.2) is 5.10 Å². The molecule has 0 saturated heterocycles. The molecule has 1 aromatic rings. The highest BCUT2D eigenvalue weighted by molar-refractivity contribution is 6.32. The molecule has 0 amide bonds. The zero-order valence-electron chi connectivity index (χ0n) is 7.88. The fraction of sp³-hybridized carbons (Fsp3) is 0.556. The van der Waals surface area contributed by atoms with Gasteiger partial charge in [-0.2, -0.15) is 5.10 Å². The first-order valence-corrected chi connectivity index (χ1v) is 5.06. The predicted octanol–water partition coefficient (Wildman–Crippen LogP) is 1.63. The smallest absolute Gasteiger partial charge is 0.285 e. The van der Waals surface area contributed by atoms with E-state index in [1.54, 1.807) is 6.20 Å². The van der Waals surface area contributed by atoms with Crippen LogP contribution in [-0.2, 0) is 0 Å². The second kappa shape index (κ2) is 3.61. The van der Waals surface area contributed by atoms with Crippen LogP contribution in [0.25, 0.3) is 0 Å². The molecule has 1 saturated carbocycles. The summed E-state index contributed by atoms with van der Waals surface area (Å²) in [5.74, 6) is 0.713. The number of nitrogens with zero attached hydrogens (tertiary/aromatic N) is 1. The second-order valence-corrected chi connectivity index (χ2v) is 4.08.